The molecule has 1 aromatic heterocycles. The Labute approximate surface area is 304 Å². The molecule has 0 saturated carbocycles. The summed E-state index contributed by atoms with van der Waals surface area (Å²) >= 11 is 0. The van der Waals surface area contributed by atoms with Crippen molar-refractivity contribution in [3.63, 3.8) is 0 Å². The third kappa shape index (κ3) is 4.24. The lowest BCUT2D eigenvalue weighted by molar-refractivity contribution is 0.669. The molecular weight excluding hydrogens is 556 g/mol. The first-order chi connectivity index (χ1) is 33.6. The monoisotopic (exact) mass is 612 g/mol. The largest absolute Gasteiger partial charge is 0.456 e. The highest BCUT2D eigenvalue weighted by atomic mass is 16.3. The minimum atomic E-state index is -1.05. The first kappa shape index (κ1) is 11.2. The third-order valence-electron chi connectivity index (χ3n) is 7.45. The van der Waals surface area contributed by atoms with E-state index in [0.29, 0.717) is 0 Å². The molecule has 0 aliphatic carbocycles. The van der Waals surface area contributed by atoms with E-state index in [4.69, 9.17) is 26.3 Å². The SMILES string of the molecule is [2H]c1cc(C)c(-c2c([2H])c([2H])c3oc4c([2H])c(-c5c([2H])c([2H])c([2H])c(-c6c7c([2H])c([2H])c([2H])c([2H])c7c(-c7c([2H])c([2H])c([2H])c([2H])c7[2H])c7c([2H])c([2H])c([2H])c([2H])c67)c5[2H])c([2H])c([2H])c4c3c2[2H])c([2H])c1[2H]. The number of furan rings is 1. The van der Waals surface area contributed by atoms with Gasteiger partial charge in [-0.05, 0) is 109 Å². The van der Waals surface area contributed by atoms with Crippen molar-refractivity contribution in [3.05, 3.63) is 169 Å². The number of benzene rings is 8. The van der Waals surface area contributed by atoms with Crippen molar-refractivity contribution in [1.82, 2.24) is 0 Å². The van der Waals surface area contributed by atoms with Crippen molar-refractivity contribution >= 4 is 43.5 Å². The molecule has 216 valence electrons. The van der Waals surface area contributed by atoms with E-state index < -0.39 is 223 Å². The second-order valence-electron chi connectivity index (χ2n) is 10.1. The summed E-state index contributed by atoms with van der Waals surface area (Å²) in [5, 5.41) is -3.61. The van der Waals surface area contributed by atoms with Gasteiger partial charge in [-0.25, -0.2) is 0 Å². The van der Waals surface area contributed by atoms with Crippen LogP contribution < -0.4 is 0 Å². The van der Waals surface area contributed by atoms with E-state index in [1.165, 1.54) is 13.0 Å². The first-order valence-electron chi connectivity index (χ1n) is 26.7. The van der Waals surface area contributed by atoms with Crippen LogP contribution in [0.3, 0.4) is 0 Å². The molecule has 0 spiro atoms. The van der Waals surface area contributed by atoms with Gasteiger partial charge in [-0.3, -0.25) is 0 Å². The quantitative estimate of drug-likeness (QED) is 0.180. The number of aryl methyl sites for hydroxylation is 1. The molecule has 0 saturated heterocycles. The number of fused-ring (bicyclic) bond motifs is 5. The minimum Gasteiger partial charge on any atom is -0.456 e. The number of hydrogen-bond acceptors (Lipinski definition) is 1. The lowest BCUT2D eigenvalue weighted by Crippen LogP contribution is -1.91. The van der Waals surface area contributed by atoms with Crippen LogP contribution in [0.1, 0.15) is 41.2 Å². The van der Waals surface area contributed by atoms with Crippen LogP contribution in [-0.2, 0) is 0 Å². The van der Waals surface area contributed by atoms with Crippen LogP contribution in [0.5, 0.6) is 0 Å². The van der Waals surface area contributed by atoms with Crippen molar-refractivity contribution < 1.29 is 40.1 Å². The highest BCUT2D eigenvalue weighted by Crippen LogP contribution is 2.44. The van der Waals surface area contributed by atoms with Crippen LogP contribution in [0.25, 0.3) is 88.0 Å². The van der Waals surface area contributed by atoms with Crippen LogP contribution >= 0.6 is 0 Å². The van der Waals surface area contributed by atoms with Crippen molar-refractivity contribution in [3.8, 4) is 44.5 Å². The van der Waals surface area contributed by atoms with Crippen molar-refractivity contribution in [2.75, 3.05) is 0 Å². The van der Waals surface area contributed by atoms with Crippen LogP contribution in [0.15, 0.2) is 168 Å². The molecule has 46 heavy (non-hydrogen) atoms. The highest BCUT2D eigenvalue weighted by molar-refractivity contribution is 6.21. The summed E-state index contributed by atoms with van der Waals surface area (Å²) in [4.78, 5) is 0. The van der Waals surface area contributed by atoms with Gasteiger partial charge in [-0.15, -0.1) is 0 Å². The molecule has 1 nitrogen and oxygen atoms in total. The molecule has 9 aromatic rings. The fraction of sp³-hybridized carbons (Fsp3) is 0.0222. The van der Waals surface area contributed by atoms with Gasteiger partial charge in [0, 0.05) is 10.8 Å². The van der Waals surface area contributed by atoms with Gasteiger partial charge in [0.2, 0.25) is 0 Å². The average Bonchev–Trinajstić information content (AvgIpc) is 3.76. The van der Waals surface area contributed by atoms with Crippen molar-refractivity contribution in [1.29, 1.82) is 0 Å². The molecule has 0 aliphatic rings. The molecule has 8 aromatic carbocycles. The smallest absolute Gasteiger partial charge is 0.136 e. The second kappa shape index (κ2) is 10.6. The van der Waals surface area contributed by atoms with E-state index >= 15 is 0 Å². The number of hydrogen-bond donors (Lipinski definition) is 0. The molecule has 0 unspecified atom stereocenters. The minimum absolute atomic E-state index is 0.143. The standard InChI is InChI=1S/C45H30O/c1-29-12-5-6-17-35(29)33-23-25-42-41(27-33)36-24-22-32(28-43(36)46-42)31-15-11-16-34(26-31)45-39-20-9-7-18-37(39)44(30-13-3-2-4-14-30)38-19-8-10-21-40(38)45/h2-28H,1H3/i2D,3D,4D,5D,6D,7D,8D,9D,10D,11D,13D,14D,15D,16D,17D,18D,19D,20D,21D,22D,23D,24D,25D,26D,27D,28D. The maximum atomic E-state index is 9.80. The van der Waals surface area contributed by atoms with Crippen LogP contribution in [0, 0.1) is 6.92 Å². The van der Waals surface area contributed by atoms with Gasteiger partial charge < -0.3 is 4.42 Å². The fourth-order valence-corrected chi connectivity index (χ4v) is 5.41. The Kier molecular flexibility index (Phi) is 2.57. The van der Waals surface area contributed by atoms with E-state index in [-0.39, 0.29) is 28.1 Å². The van der Waals surface area contributed by atoms with Gasteiger partial charge in [-0.1, -0.05) is 133 Å². The molecule has 0 aliphatic heterocycles. The predicted molar refractivity (Wildman–Crippen MR) is 195 cm³/mol. The van der Waals surface area contributed by atoms with Crippen LogP contribution in [0.2, 0.25) is 0 Å². The van der Waals surface area contributed by atoms with Crippen molar-refractivity contribution in [2.45, 2.75) is 6.92 Å². The fourth-order valence-electron chi connectivity index (χ4n) is 5.41. The summed E-state index contributed by atoms with van der Waals surface area (Å²) in [6, 6.07) is -21.2. The molecule has 9 rings (SSSR count). The van der Waals surface area contributed by atoms with E-state index in [1.54, 1.807) is 0 Å². The maximum absolute atomic E-state index is 9.80. The normalized spacial score (nSPS) is 19.5. The molecular formula is C45H30O. The molecule has 0 amide bonds. The Bertz CT molecular complexity index is 3950. The van der Waals surface area contributed by atoms with Gasteiger partial charge in [0.25, 0.3) is 0 Å². The molecule has 0 bridgehead atoms. The lowest BCUT2D eigenvalue weighted by Gasteiger charge is -2.18. The van der Waals surface area contributed by atoms with Crippen LogP contribution in [0.4, 0.5) is 0 Å². The molecule has 1 heteroatoms. The summed E-state index contributed by atoms with van der Waals surface area (Å²) in [6.07, 6.45) is 0. The van der Waals surface area contributed by atoms with E-state index in [2.05, 4.69) is 0 Å². The summed E-state index contributed by atoms with van der Waals surface area (Å²) in [5.74, 6) is 0. The highest BCUT2D eigenvalue weighted by Gasteiger charge is 2.17. The topological polar surface area (TPSA) is 13.1 Å². The Hall–Kier alpha value is -5.92. The van der Waals surface area contributed by atoms with Crippen LogP contribution in [-0.4, -0.2) is 0 Å². The molecule has 0 fully saturated rings. The summed E-state index contributed by atoms with van der Waals surface area (Å²) < 4.78 is 238. The Balaban J connectivity index is 1.49. The van der Waals surface area contributed by atoms with E-state index in [9.17, 15) is 13.7 Å². The average molecular weight is 613 g/mol. The summed E-state index contributed by atoms with van der Waals surface area (Å²) in [5.41, 5.74) is -6.02. The van der Waals surface area contributed by atoms with Crippen molar-refractivity contribution in [2.24, 2.45) is 0 Å². The number of rotatable bonds is 4. The summed E-state index contributed by atoms with van der Waals surface area (Å²) in [7, 11) is 0. The second-order valence-corrected chi connectivity index (χ2v) is 10.1. The van der Waals surface area contributed by atoms with Gasteiger partial charge in [0.15, 0.2) is 0 Å². The van der Waals surface area contributed by atoms with E-state index in [0.717, 1.165) is 0 Å². The zero-order valence-corrected chi connectivity index (χ0v) is 23.5. The zero-order chi connectivity index (χ0) is 53.2. The Morgan fingerprint density at radius 1 is 0.391 bits per heavy atom. The Morgan fingerprint density at radius 3 is 1.72 bits per heavy atom. The van der Waals surface area contributed by atoms with E-state index in [1.807, 2.05) is 0 Å². The van der Waals surface area contributed by atoms with Gasteiger partial charge >= 0.3 is 0 Å². The predicted octanol–water partition coefficient (Wildman–Crippen LogP) is 12.9. The molecule has 0 radical (unpaired) electrons. The molecule has 0 atom stereocenters. The molecule has 1 heterocycles. The Morgan fingerprint density at radius 2 is 0.978 bits per heavy atom. The molecule has 0 N–H and O–H groups in total. The zero-order valence-electron chi connectivity index (χ0n) is 49.5. The summed E-state index contributed by atoms with van der Waals surface area (Å²) in [6.45, 7) is 1.47. The van der Waals surface area contributed by atoms with Gasteiger partial charge in [0.1, 0.15) is 11.2 Å². The third-order valence-corrected chi connectivity index (χ3v) is 7.45. The maximum Gasteiger partial charge on any atom is 0.136 e. The van der Waals surface area contributed by atoms with Gasteiger partial charge in [0.05, 0.1) is 35.6 Å². The first-order valence-corrected chi connectivity index (χ1v) is 13.7. The van der Waals surface area contributed by atoms with Gasteiger partial charge in [-0.2, -0.15) is 0 Å². The lowest BCUT2D eigenvalue weighted by atomic mass is 9.85.